The summed E-state index contributed by atoms with van der Waals surface area (Å²) in [6.07, 6.45) is 0. The summed E-state index contributed by atoms with van der Waals surface area (Å²) in [6, 6.07) is 9.36. The van der Waals surface area contributed by atoms with Gasteiger partial charge in [-0.05, 0) is 12.1 Å². The highest BCUT2D eigenvalue weighted by atomic mass is 16.5. The smallest absolute Gasteiger partial charge is 0.259 e. The number of carbonyl (C=O) groups is 1. The van der Waals surface area contributed by atoms with Gasteiger partial charge in [-0.25, -0.2) is 0 Å². The van der Waals surface area contributed by atoms with Crippen LogP contribution in [0.4, 0.5) is 11.4 Å². The molecule has 0 aliphatic rings. The number of nitrogens with one attached hydrogen (secondary N) is 1. The summed E-state index contributed by atoms with van der Waals surface area (Å²) in [5.74, 6) is 0.343. The minimum atomic E-state index is -0.466. The number of hydrogen-bond donors (Lipinski definition) is 3. The number of carbonyl (C=O) groups excluding carboxylic acids is 1. The highest BCUT2D eigenvalue weighted by molar-refractivity contribution is 6.07. The van der Waals surface area contributed by atoms with Crippen LogP contribution in [0.15, 0.2) is 36.4 Å². The molecule has 0 aliphatic carbocycles. The van der Waals surface area contributed by atoms with Gasteiger partial charge in [0.2, 0.25) is 0 Å². The first-order chi connectivity index (χ1) is 10.1. The Morgan fingerprint density at radius 3 is 2.38 bits per heavy atom. The van der Waals surface area contributed by atoms with Crippen molar-refractivity contribution in [1.82, 2.24) is 0 Å². The van der Waals surface area contributed by atoms with Crippen molar-refractivity contribution in [1.29, 1.82) is 0 Å². The molecule has 2 rings (SSSR count). The van der Waals surface area contributed by atoms with Crippen LogP contribution in [0.5, 0.6) is 17.2 Å². The lowest BCUT2D eigenvalue weighted by molar-refractivity contribution is 0.102. The second-order valence-electron chi connectivity index (χ2n) is 4.27. The molecule has 0 radical (unpaired) electrons. The Bertz CT molecular complexity index is 671. The lowest BCUT2D eigenvalue weighted by Crippen LogP contribution is -2.13. The summed E-state index contributed by atoms with van der Waals surface area (Å²) in [5.41, 5.74) is 6.74. The second kappa shape index (κ2) is 6.04. The van der Waals surface area contributed by atoms with Gasteiger partial charge in [0.15, 0.2) is 11.5 Å². The number of anilines is 2. The van der Waals surface area contributed by atoms with Gasteiger partial charge in [0.1, 0.15) is 5.75 Å². The molecule has 6 heteroatoms. The third kappa shape index (κ3) is 3.00. The number of amides is 1. The fraction of sp³-hybridized carbons (Fsp3) is 0.133. The van der Waals surface area contributed by atoms with Gasteiger partial charge in [-0.15, -0.1) is 0 Å². The first kappa shape index (κ1) is 14.5. The van der Waals surface area contributed by atoms with Crippen molar-refractivity contribution in [2.45, 2.75) is 0 Å². The quantitative estimate of drug-likeness (QED) is 0.750. The maximum absolute atomic E-state index is 12.1. The predicted molar refractivity (Wildman–Crippen MR) is 80.0 cm³/mol. The Labute approximate surface area is 122 Å². The maximum Gasteiger partial charge on any atom is 0.259 e. The molecule has 4 N–H and O–H groups in total. The van der Waals surface area contributed by atoms with E-state index in [0.717, 1.165) is 0 Å². The zero-order valence-electron chi connectivity index (χ0n) is 11.7. The molecule has 0 heterocycles. The number of ether oxygens (including phenoxy) is 2. The molecule has 0 fully saturated rings. The first-order valence-corrected chi connectivity index (χ1v) is 6.17. The molecule has 0 aromatic heterocycles. The molecule has 0 saturated heterocycles. The molecule has 0 spiro atoms. The van der Waals surface area contributed by atoms with Crippen LogP contribution in [0, 0.1) is 0 Å². The summed E-state index contributed by atoms with van der Waals surface area (Å²) < 4.78 is 10.3. The second-order valence-corrected chi connectivity index (χ2v) is 4.27. The Hall–Kier alpha value is -2.89. The van der Waals surface area contributed by atoms with Gasteiger partial charge in [0.05, 0.1) is 31.2 Å². The van der Waals surface area contributed by atoms with E-state index in [0.29, 0.717) is 22.9 Å². The van der Waals surface area contributed by atoms with E-state index in [1.807, 2.05) is 0 Å². The maximum atomic E-state index is 12.1. The average Bonchev–Trinajstić information content (AvgIpc) is 2.49. The normalized spacial score (nSPS) is 10.0. The number of rotatable bonds is 4. The van der Waals surface area contributed by atoms with E-state index >= 15 is 0 Å². The summed E-state index contributed by atoms with van der Waals surface area (Å²) in [5, 5.41) is 12.3. The first-order valence-electron chi connectivity index (χ1n) is 6.17. The molecule has 0 atom stereocenters. The summed E-state index contributed by atoms with van der Waals surface area (Å²) in [6.45, 7) is 0. The van der Waals surface area contributed by atoms with E-state index in [1.54, 1.807) is 24.3 Å². The van der Waals surface area contributed by atoms with Crippen LogP contribution in [0.3, 0.4) is 0 Å². The summed E-state index contributed by atoms with van der Waals surface area (Å²) in [7, 11) is 2.99. The number of para-hydroxylation sites is 1. The van der Waals surface area contributed by atoms with E-state index < -0.39 is 5.91 Å². The molecule has 6 nitrogen and oxygen atoms in total. The monoisotopic (exact) mass is 288 g/mol. The van der Waals surface area contributed by atoms with Crippen LogP contribution in [-0.2, 0) is 0 Å². The van der Waals surface area contributed by atoms with Crippen LogP contribution >= 0.6 is 0 Å². The molecule has 110 valence electrons. The van der Waals surface area contributed by atoms with Crippen LogP contribution in [-0.4, -0.2) is 25.2 Å². The summed E-state index contributed by atoms with van der Waals surface area (Å²) in [4.78, 5) is 12.1. The van der Waals surface area contributed by atoms with Crippen molar-refractivity contribution >= 4 is 17.3 Å². The highest BCUT2D eigenvalue weighted by Crippen LogP contribution is 2.35. The standard InChI is InChI=1S/C15H16N2O4/c1-20-13-7-10(16)11(8-14(13)21-2)17-15(19)9-5-3-4-6-12(9)18/h3-8,18H,16H2,1-2H3,(H,17,19). The highest BCUT2D eigenvalue weighted by Gasteiger charge is 2.14. The van der Waals surface area contributed by atoms with Crippen molar-refractivity contribution < 1.29 is 19.4 Å². The number of methoxy groups -OCH3 is 2. The van der Waals surface area contributed by atoms with Gasteiger partial charge in [0, 0.05) is 12.1 Å². The van der Waals surface area contributed by atoms with Crippen LogP contribution in [0.25, 0.3) is 0 Å². The lowest BCUT2D eigenvalue weighted by Gasteiger charge is -2.13. The minimum absolute atomic E-state index is 0.103. The van der Waals surface area contributed by atoms with Crippen molar-refractivity contribution in [2.75, 3.05) is 25.3 Å². The Kier molecular flexibility index (Phi) is 4.18. The van der Waals surface area contributed by atoms with Crippen LogP contribution in [0.1, 0.15) is 10.4 Å². The number of phenols is 1. The van der Waals surface area contributed by atoms with Crippen LogP contribution < -0.4 is 20.5 Å². The zero-order valence-corrected chi connectivity index (χ0v) is 11.7. The molecule has 2 aromatic carbocycles. The van der Waals surface area contributed by atoms with Gasteiger partial charge in [-0.3, -0.25) is 4.79 Å². The zero-order chi connectivity index (χ0) is 15.4. The van der Waals surface area contributed by atoms with E-state index in [1.165, 1.54) is 26.4 Å². The molecule has 2 aromatic rings. The molecule has 0 aliphatic heterocycles. The van der Waals surface area contributed by atoms with Gasteiger partial charge >= 0.3 is 0 Å². The molecule has 0 bridgehead atoms. The molecule has 0 saturated carbocycles. The third-order valence-corrected chi connectivity index (χ3v) is 2.95. The molecule has 1 amide bonds. The minimum Gasteiger partial charge on any atom is -0.507 e. The Balaban J connectivity index is 2.31. The van der Waals surface area contributed by atoms with Crippen molar-refractivity contribution in [3.63, 3.8) is 0 Å². The molecule has 0 unspecified atom stereocenters. The van der Waals surface area contributed by atoms with Crippen molar-refractivity contribution in [3.05, 3.63) is 42.0 Å². The molecular formula is C15H16N2O4. The molecular weight excluding hydrogens is 272 g/mol. The number of benzene rings is 2. The van der Waals surface area contributed by atoms with E-state index in [2.05, 4.69) is 5.32 Å². The predicted octanol–water partition coefficient (Wildman–Crippen LogP) is 2.24. The van der Waals surface area contributed by atoms with Gasteiger partial charge in [-0.1, -0.05) is 12.1 Å². The molecule has 21 heavy (non-hydrogen) atoms. The van der Waals surface area contributed by atoms with Crippen LogP contribution in [0.2, 0.25) is 0 Å². The fourth-order valence-electron chi connectivity index (χ4n) is 1.86. The van der Waals surface area contributed by atoms with E-state index in [-0.39, 0.29) is 11.3 Å². The Morgan fingerprint density at radius 2 is 1.76 bits per heavy atom. The lowest BCUT2D eigenvalue weighted by atomic mass is 10.1. The number of nitrogen functional groups attached to an aromatic ring is 1. The SMILES string of the molecule is COc1cc(N)c(NC(=O)c2ccccc2O)cc1OC. The largest absolute Gasteiger partial charge is 0.507 e. The van der Waals surface area contributed by atoms with Gasteiger partial charge in [-0.2, -0.15) is 0 Å². The number of phenolic OH excluding ortho intramolecular Hbond substituents is 1. The number of aromatic hydroxyl groups is 1. The van der Waals surface area contributed by atoms with Gasteiger partial charge < -0.3 is 25.6 Å². The van der Waals surface area contributed by atoms with Crippen molar-refractivity contribution in [3.8, 4) is 17.2 Å². The topological polar surface area (TPSA) is 93.8 Å². The summed E-state index contributed by atoms with van der Waals surface area (Å²) >= 11 is 0. The average molecular weight is 288 g/mol. The van der Waals surface area contributed by atoms with E-state index in [4.69, 9.17) is 15.2 Å². The Morgan fingerprint density at radius 1 is 1.14 bits per heavy atom. The van der Waals surface area contributed by atoms with E-state index in [9.17, 15) is 9.90 Å². The van der Waals surface area contributed by atoms with Gasteiger partial charge in [0.25, 0.3) is 5.91 Å². The third-order valence-electron chi connectivity index (χ3n) is 2.95. The fourth-order valence-corrected chi connectivity index (χ4v) is 1.86. The number of nitrogens with two attached hydrogens (primary N) is 1. The number of hydrogen-bond acceptors (Lipinski definition) is 5. The van der Waals surface area contributed by atoms with Crippen molar-refractivity contribution in [2.24, 2.45) is 0 Å².